The van der Waals surface area contributed by atoms with Crippen molar-refractivity contribution in [2.45, 2.75) is 13.8 Å². The van der Waals surface area contributed by atoms with Crippen LogP contribution in [0.3, 0.4) is 0 Å². The van der Waals surface area contributed by atoms with Gasteiger partial charge in [0.25, 0.3) is 0 Å². The first-order valence-electron chi connectivity index (χ1n) is 12.1. The Kier molecular flexibility index (Phi) is 6.41. The number of nitrogen functional groups attached to an aromatic ring is 2. The van der Waals surface area contributed by atoms with E-state index in [4.69, 9.17) is 21.2 Å². The molecule has 0 bridgehead atoms. The van der Waals surface area contributed by atoms with Crippen molar-refractivity contribution in [1.82, 2.24) is 9.35 Å². The lowest BCUT2D eigenvalue weighted by Crippen LogP contribution is -2.08. The third kappa shape index (κ3) is 4.41. The second-order valence-electron chi connectivity index (χ2n) is 8.48. The van der Waals surface area contributed by atoms with E-state index >= 15 is 0 Å². The van der Waals surface area contributed by atoms with Crippen molar-refractivity contribution in [3.8, 4) is 56.3 Å². The molecule has 5 aromatic rings. The minimum absolute atomic E-state index is 0.602. The van der Waals surface area contributed by atoms with Crippen LogP contribution in [0.1, 0.15) is 13.8 Å². The number of benzene rings is 3. The number of ether oxygens (including phenoxy) is 2. The average Bonchev–Trinajstić information content (AvgIpc) is 3.48. The fourth-order valence-corrected chi connectivity index (χ4v) is 4.53. The molecule has 36 heavy (non-hydrogen) atoms. The molecule has 2 heterocycles. The Labute approximate surface area is 211 Å². The van der Waals surface area contributed by atoms with E-state index in [-0.39, 0.29) is 0 Å². The van der Waals surface area contributed by atoms with Crippen molar-refractivity contribution < 1.29 is 9.47 Å². The van der Waals surface area contributed by atoms with Crippen LogP contribution in [-0.4, -0.2) is 22.6 Å². The van der Waals surface area contributed by atoms with Crippen molar-refractivity contribution in [1.29, 1.82) is 0 Å². The highest BCUT2D eigenvalue weighted by Crippen LogP contribution is 2.36. The summed E-state index contributed by atoms with van der Waals surface area (Å²) in [5.41, 5.74) is 7.80. The molecule has 6 nitrogen and oxygen atoms in total. The predicted molar refractivity (Wildman–Crippen MR) is 147 cm³/mol. The van der Waals surface area contributed by atoms with Crippen molar-refractivity contribution in [2.24, 2.45) is 0 Å². The quantitative estimate of drug-likeness (QED) is 0.261. The second-order valence-corrected chi connectivity index (χ2v) is 8.48. The largest absolute Gasteiger partial charge is 0.493 e. The van der Waals surface area contributed by atoms with Crippen LogP contribution < -0.4 is 21.2 Å². The SMILES string of the molecule is CCOc1ccccc1-c1cc(-c2cccc(-c3cc(-c4ccccc4OCC)cn3N)c2)n(N)c1. The van der Waals surface area contributed by atoms with Crippen molar-refractivity contribution in [3.63, 3.8) is 0 Å². The van der Waals surface area contributed by atoms with Gasteiger partial charge in [0.1, 0.15) is 11.5 Å². The standard InChI is InChI=1S/C30H30N4O2/c1-3-35-29-14-7-5-12-25(29)23-17-27(33(31)19-23)21-10-9-11-22(16-21)28-18-24(20-34(28)32)26-13-6-8-15-30(26)36-4-2/h5-20H,3-4,31-32H2,1-2H3. The molecule has 5 rings (SSSR count). The number of nitrogens with zero attached hydrogens (tertiary/aromatic N) is 2. The molecule has 6 heteroatoms. The lowest BCUT2D eigenvalue weighted by atomic mass is 10.0. The summed E-state index contributed by atoms with van der Waals surface area (Å²) in [6, 6.07) is 28.4. The van der Waals surface area contributed by atoms with Crippen molar-refractivity contribution in [3.05, 3.63) is 97.3 Å². The summed E-state index contributed by atoms with van der Waals surface area (Å²) in [7, 11) is 0. The molecular weight excluding hydrogens is 448 g/mol. The minimum atomic E-state index is 0.602. The third-order valence-electron chi connectivity index (χ3n) is 6.15. The molecule has 3 aromatic carbocycles. The van der Waals surface area contributed by atoms with E-state index in [0.29, 0.717) is 13.2 Å². The molecule has 2 aromatic heterocycles. The molecular formula is C30H30N4O2. The molecule has 0 fully saturated rings. The normalized spacial score (nSPS) is 10.9. The van der Waals surface area contributed by atoms with E-state index in [1.165, 1.54) is 0 Å². The fourth-order valence-electron chi connectivity index (χ4n) is 4.53. The van der Waals surface area contributed by atoms with Gasteiger partial charge >= 0.3 is 0 Å². The van der Waals surface area contributed by atoms with Crippen molar-refractivity contribution in [2.75, 3.05) is 24.9 Å². The number of aromatic nitrogens is 2. The first-order chi connectivity index (χ1) is 17.6. The molecule has 0 atom stereocenters. The smallest absolute Gasteiger partial charge is 0.127 e. The fraction of sp³-hybridized carbons (Fsp3) is 0.133. The maximum absolute atomic E-state index is 6.41. The zero-order valence-electron chi connectivity index (χ0n) is 20.5. The summed E-state index contributed by atoms with van der Waals surface area (Å²) >= 11 is 0. The first kappa shape index (κ1) is 23.2. The van der Waals surface area contributed by atoms with Gasteiger partial charge < -0.3 is 21.2 Å². The van der Waals surface area contributed by atoms with Crippen LogP contribution in [0.5, 0.6) is 11.5 Å². The van der Waals surface area contributed by atoms with E-state index in [1.54, 1.807) is 9.35 Å². The van der Waals surface area contributed by atoms with Gasteiger partial charge in [-0.05, 0) is 44.2 Å². The molecule has 0 aliphatic rings. The maximum atomic E-state index is 6.41. The average molecular weight is 479 g/mol. The van der Waals surface area contributed by atoms with Gasteiger partial charge in [-0.1, -0.05) is 54.6 Å². The third-order valence-corrected chi connectivity index (χ3v) is 6.15. The Balaban J connectivity index is 1.51. The molecule has 4 N–H and O–H groups in total. The summed E-state index contributed by atoms with van der Waals surface area (Å²) in [6.07, 6.45) is 3.85. The predicted octanol–water partition coefficient (Wildman–Crippen LogP) is 6.18. The van der Waals surface area contributed by atoms with E-state index in [0.717, 1.165) is 56.3 Å². The topological polar surface area (TPSA) is 80.4 Å². The van der Waals surface area contributed by atoms with Crippen LogP contribution in [0.2, 0.25) is 0 Å². The summed E-state index contributed by atoms with van der Waals surface area (Å²) < 4.78 is 15.0. The first-order valence-corrected chi connectivity index (χ1v) is 12.1. The van der Waals surface area contributed by atoms with Gasteiger partial charge in [-0.3, -0.25) is 9.35 Å². The minimum Gasteiger partial charge on any atom is -0.493 e. The van der Waals surface area contributed by atoms with Gasteiger partial charge in [0.2, 0.25) is 0 Å². The van der Waals surface area contributed by atoms with Crippen molar-refractivity contribution >= 4 is 0 Å². The molecule has 0 saturated heterocycles. The highest BCUT2D eigenvalue weighted by molar-refractivity contribution is 5.80. The van der Waals surface area contributed by atoms with E-state index in [1.807, 2.05) is 80.8 Å². The number of rotatable bonds is 8. The van der Waals surface area contributed by atoms with Gasteiger partial charge in [0, 0.05) is 45.8 Å². The Hall–Kier alpha value is -4.58. The number of hydrogen-bond donors (Lipinski definition) is 2. The second kappa shape index (κ2) is 9.96. The van der Waals surface area contributed by atoms with Gasteiger partial charge in [0.15, 0.2) is 0 Å². The van der Waals surface area contributed by atoms with E-state index < -0.39 is 0 Å². The molecule has 182 valence electrons. The molecule has 0 amide bonds. The summed E-state index contributed by atoms with van der Waals surface area (Å²) in [5.74, 6) is 14.5. The molecule has 0 unspecified atom stereocenters. The number of para-hydroxylation sites is 2. The molecule has 0 saturated carbocycles. The van der Waals surface area contributed by atoms with Crippen LogP contribution in [0, 0.1) is 0 Å². The van der Waals surface area contributed by atoms with Gasteiger partial charge in [0.05, 0.1) is 24.6 Å². The maximum Gasteiger partial charge on any atom is 0.127 e. The zero-order valence-corrected chi connectivity index (χ0v) is 20.5. The monoisotopic (exact) mass is 478 g/mol. The Bertz CT molecular complexity index is 1390. The lowest BCUT2D eigenvalue weighted by molar-refractivity contribution is 0.341. The molecule has 0 radical (unpaired) electrons. The summed E-state index contributed by atoms with van der Waals surface area (Å²) in [5, 5.41) is 0. The molecule has 0 aliphatic carbocycles. The molecule has 0 spiro atoms. The van der Waals surface area contributed by atoms with E-state index in [9.17, 15) is 0 Å². The van der Waals surface area contributed by atoms with Gasteiger partial charge in [-0.15, -0.1) is 0 Å². The van der Waals surface area contributed by atoms with Crippen LogP contribution in [0.15, 0.2) is 97.3 Å². The Morgan fingerprint density at radius 1 is 0.556 bits per heavy atom. The Morgan fingerprint density at radius 2 is 1.00 bits per heavy atom. The highest BCUT2D eigenvalue weighted by atomic mass is 16.5. The number of hydrogen-bond acceptors (Lipinski definition) is 4. The lowest BCUT2D eigenvalue weighted by Gasteiger charge is -2.08. The van der Waals surface area contributed by atoms with Crippen LogP contribution >= 0.6 is 0 Å². The Morgan fingerprint density at radius 3 is 1.44 bits per heavy atom. The van der Waals surface area contributed by atoms with Crippen LogP contribution in [0.4, 0.5) is 0 Å². The zero-order chi connectivity index (χ0) is 25.1. The van der Waals surface area contributed by atoms with E-state index in [2.05, 4.69) is 30.3 Å². The number of nitrogens with two attached hydrogens (primary N) is 2. The van der Waals surface area contributed by atoms with Crippen LogP contribution in [0.25, 0.3) is 44.8 Å². The van der Waals surface area contributed by atoms with Gasteiger partial charge in [-0.2, -0.15) is 0 Å². The molecule has 0 aliphatic heterocycles. The highest BCUT2D eigenvalue weighted by Gasteiger charge is 2.15. The summed E-state index contributed by atoms with van der Waals surface area (Å²) in [6.45, 7) is 5.17. The van der Waals surface area contributed by atoms with Gasteiger partial charge in [-0.25, -0.2) is 0 Å². The van der Waals surface area contributed by atoms with Crippen LogP contribution in [-0.2, 0) is 0 Å². The summed E-state index contributed by atoms with van der Waals surface area (Å²) in [4.78, 5) is 0.